The number of aromatic nitrogens is 2. The van der Waals surface area contributed by atoms with Crippen molar-refractivity contribution in [3.8, 4) is 11.1 Å². The molecule has 4 rings (SSSR count). The molecule has 1 aliphatic rings. The summed E-state index contributed by atoms with van der Waals surface area (Å²) in [5, 5.41) is 1.04. The molecular formula is C17H18N4O2S. The van der Waals surface area contributed by atoms with Crippen LogP contribution in [0.15, 0.2) is 48.8 Å². The fourth-order valence-corrected chi connectivity index (χ4v) is 4.37. The zero-order valence-electron chi connectivity index (χ0n) is 13.1. The zero-order chi connectivity index (χ0) is 16.6. The topological polar surface area (TPSA) is 78.1 Å². The van der Waals surface area contributed by atoms with Gasteiger partial charge in [-0.25, -0.2) is 4.98 Å². The zero-order valence-corrected chi connectivity index (χ0v) is 13.9. The summed E-state index contributed by atoms with van der Waals surface area (Å²) in [7, 11) is -3.45. The van der Waals surface area contributed by atoms with Crippen LogP contribution in [0.5, 0.6) is 0 Å². The van der Waals surface area contributed by atoms with E-state index < -0.39 is 10.2 Å². The lowest BCUT2D eigenvalue weighted by Crippen LogP contribution is -2.33. The third-order valence-corrected chi connectivity index (χ3v) is 5.85. The second-order valence-electron chi connectivity index (χ2n) is 5.89. The molecule has 3 heterocycles. The highest BCUT2D eigenvalue weighted by atomic mass is 32.2. The van der Waals surface area contributed by atoms with Crippen molar-refractivity contribution in [2.24, 2.45) is 0 Å². The van der Waals surface area contributed by atoms with E-state index in [9.17, 15) is 8.42 Å². The summed E-state index contributed by atoms with van der Waals surface area (Å²) in [4.78, 5) is 7.38. The molecule has 1 aliphatic heterocycles. The standard InChI is InChI=1S/C17H18N4O2S/c22-24(23,21-11-1-2-12-21)20-14-5-3-13(4-6-14)15-7-9-18-17-16(15)8-10-19-17/h3-10,20H,1-2,11-12H2,(H,18,19). The van der Waals surface area contributed by atoms with E-state index in [-0.39, 0.29) is 0 Å². The molecule has 0 unspecified atom stereocenters. The number of H-pyrrole nitrogens is 1. The molecule has 6 nitrogen and oxygen atoms in total. The van der Waals surface area contributed by atoms with Gasteiger partial charge in [-0.3, -0.25) is 4.72 Å². The Kier molecular flexibility index (Phi) is 3.74. The first-order chi connectivity index (χ1) is 11.6. The normalized spacial score (nSPS) is 15.8. The van der Waals surface area contributed by atoms with Crippen molar-refractivity contribution in [2.45, 2.75) is 12.8 Å². The van der Waals surface area contributed by atoms with Crippen LogP contribution in [-0.2, 0) is 10.2 Å². The molecule has 0 spiro atoms. The van der Waals surface area contributed by atoms with Crippen LogP contribution in [0.1, 0.15) is 12.8 Å². The summed E-state index contributed by atoms with van der Waals surface area (Å²) in [6.07, 6.45) is 5.47. The predicted octanol–water partition coefficient (Wildman–Crippen LogP) is 2.98. The highest BCUT2D eigenvalue weighted by Gasteiger charge is 2.24. The van der Waals surface area contributed by atoms with Gasteiger partial charge in [0.1, 0.15) is 5.65 Å². The first kappa shape index (κ1) is 15.2. The van der Waals surface area contributed by atoms with Gasteiger partial charge in [0.05, 0.1) is 0 Å². The molecule has 1 saturated heterocycles. The van der Waals surface area contributed by atoms with Crippen molar-refractivity contribution >= 4 is 26.9 Å². The Morgan fingerprint density at radius 2 is 1.79 bits per heavy atom. The van der Waals surface area contributed by atoms with Crippen LogP contribution in [0.4, 0.5) is 5.69 Å². The van der Waals surface area contributed by atoms with Crippen LogP contribution in [0, 0.1) is 0 Å². The maximum Gasteiger partial charge on any atom is 0.301 e. The van der Waals surface area contributed by atoms with Gasteiger partial charge in [0.15, 0.2) is 0 Å². The van der Waals surface area contributed by atoms with Gasteiger partial charge >= 0.3 is 10.2 Å². The summed E-state index contributed by atoms with van der Waals surface area (Å²) < 4.78 is 28.7. The number of fused-ring (bicyclic) bond motifs is 1. The quantitative estimate of drug-likeness (QED) is 0.765. The number of hydrogen-bond acceptors (Lipinski definition) is 3. The van der Waals surface area contributed by atoms with Crippen molar-refractivity contribution in [3.05, 3.63) is 48.8 Å². The van der Waals surface area contributed by atoms with E-state index in [1.54, 1.807) is 18.3 Å². The Hall–Kier alpha value is -2.38. The van der Waals surface area contributed by atoms with E-state index in [4.69, 9.17) is 0 Å². The molecule has 7 heteroatoms. The second kappa shape index (κ2) is 5.92. The fraction of sp³-hybridized carbons (Fsp3) is 0.235. The molecule has 0 atom stereocenters. The monoisotopic (exact) mass is 342 g/mol. The molecule has 1 aromatic carbocycles. The number of rotatable bonds is 4. The Balaban J connectivity index is 1.60. The summed E-state index contributed by atoms with van der Waals surface area (Å²) in [5.41, 5.74) is 3.50. The van der Waals surface area contributed by atoms with Crippen molar-refractivity contribution < 1.29 is 8.42 Å². The van der Waals surface area contributed by atoms with Gasteiger partial charge in [0.2, 0.25) is 0 Å². The van der Waals surface area contributed by atoms with E-state index in [0.29, 0.717) is 18.8 Å². The minimum Gasteiger partial charge on any atom is -0.346 e. The lowest BCUT2D eigenvalue weighted by Gasteiger charge is -2.17. The molecule has 0 bridgehead atoms. The van der Waals surface area contributed by atoms with Gasteiger partial charge in [-0.2, -0.15) is 12.7 Å². The van der Waals surface area contributed by atoms with Crippen LogP contribution >= 0.6 is 0 Å². The van der Waals surface area contributed by atoms with Gasteiger partial charge in [0.25, 0.3) is 0 Å². The lowest BCUT2D eigenvalue weighted by atomic mass is 10.0. The van der Waals surface area contributed by atoms with E-state index >= 15 is 0 Å². The Bertz CT molecular complexity index is 958. The molecule has 2 aromatic heterocycles. The van der Waals surface area contributed by atoms with Crippen LogP contribution in [0.25, 0.3) is 22.2 Å². The van der Waals surface area contributed by atoms with Crippen LogP contribution in [0.3, 0.4) is 0 Å². The summed E-state index contributed by atoms with van der Waals surface area (Å²) in [5.74, 6) is 0. The highest BCUT2D eigenvalue weighted by Crippen LogP contribution is 2.28. The minimum absolute atomic E-state index is 0.574. The molecule has 0 saturated carbocycles. The van der Waals surface area contributed by atoms with Gasteiger partial charge in [-0.05, 0) is 48.2 Å². The van der Waals surface area contributed by atoms with Gasteiger partial charge in [-0.1, -0.05) is 12.1 Å². The van der Waals surface area contributed by atoms with Crippen molar-refractivity contribution in [1.82, 2.24) is 14.3 Å². The third kappa shape index (κ3) is 2.76. The second-order valence-corrected chi connectivity index (χ2v) is 7.56. The fourth-order valence-electron chi connectivity index (χ4n) is 3.07. The number of pyridine rings is 1. The third-order valence-electron chi connectivity index (χ3n) is 4.31. The molecule has 0 amide bonds. The Morgan fingerprint density at radius 1 is 1.04 bits per heavy atom. The summed E-state index contributed by atoms with van der Waals surface area (Å²) >= 11 is 0. The molecule has 0 radical (unpaired) electrons. The maximum absolute atomic E-state index is 12.3. The van der Waals surface area contributed by atoms with Crippen LogP contribution in [0.2, 0.25) is 0 Å². The van der Waals surface area contributed by atoms with E-state index in [1.807, 2.05) is 30.5 Å². The molecule has 2 N–H and O–H groups in total. The smallest absolute Gasteiger partial charge is 0.301 e. The predicted molar refractivity (Wildman–Crippen MR) is 94.9 cm³/mol. The Morgan fingerprint density at radius 3 is 2.54 bits per heavy atom. The molecule has 1 fully saturated rings. The number of benzene rings is 1. The van der Waals surface area contributed by atoms with Gasteiger partial charge in [-0.15, -0.1) is 0 Å². The lowest BCUT2D eigenvalue weighted by molar-refractivity contribution is 0.482. The average Bonchev–Trinajstić information content (AvgIpc) is 3.27. The number of nitrogens with one attached hydrogen (secondary N) is 2. The van der Waals surface area contributed by atoms with Crippen molar-refractivity contribution in [1.29, 1.82) is 0 Å². The first-order valence-electron chi connectivity index (χ1n) is 7.94. The SMILES string of the molecule is O=S(=O)(Nc1ccc(-c2ccnc3[nH]ccc23)cc1)N1CCCC1. The van der Waals surface area contributed by atoms with E-state index in [1.165, 1.54) is 4.31 Å². The summed E-state index contributed by atoms with van der Waals surface area (Å²) in [6, 6.07) is 11.4. The Labute approximate surface area is 140 Å². The number of aromatic amines is 1. The van der Waals surface area contributed by atoms with Crippen LogP contribution < -0.4 is 4.72 Å². The molecule has 3 aromatic rings. The largest absolute Gasteiger partial charge is 0.346 e. The minimum atomic E-state index is -3.45. The van der Waals surface area contributed by atoms with Gasteiger partial charge < -0.3 is 4.98 Å². The number of nitrogens with zero attached hydrogens (tertiary/aromatic N) is 2. The molecule has 0 aliphatic carbocycles. The van der Waals surface area contributed by atoms with Gasteiger partial charge in [0, 0.05) is 36.6 Å². The number of hydrogen-bond donors (Lipinski definition) is 2. The number of anilines is 1. The maximum atomic E-state index is 12.3. The van der Waals surface area contributed by atoms with Crippen LogP contribution in [-0.4, -0.2) is 35.8 Å². The van der Waals surface area contributed by atoms with E-state index in [0.717, 1.165) is 35.0 Å². The van der Waals surface area contributed by atoms with Crippen molar-refractivity contribution in [2.75, 3.05) is 17.8 Å². The first-order valence-corrected chi connectivity index (χ1v) is 9.38. The highest BCUT2D eigenvalue weighted by molar-refractivity contribution is 7.90. The summed E-state index contributed by atoms with van der Waals surface area (Å²) in [6.45, 7) is 1.19. The molecular weight excluding hydrogens is 324 g/mol. The van der Waals surface area contributed by atoms with E-state index in [2.05, 4.69) is 14.7 Å². The molecule has 24 heavy (non-hydrogen) atoms. The molecule has 124 valence electrons. The van der Waals surface area contributed by atoms with Crippen molar-refractivity contribution in [3.63, 3.8) is 0 Å². The average molecular weight is 342 g/mol.